The minimum absolute atomic E-state index is 0.480. The zero-order valence-electron chi connectivity index (χ0n) is 12.6. The van der Waals surface area contributed by atoms with Crippen molar-refractivity contribution in [1.29, 1.82) is 0 Å². The highest BCUT2D eigenvalue weighted by Gasteiger charge is 2.32. The van der Waals surface area contributed by atoms with Crippen LogP contribution in [0.2, 0.25) is 0 Å². The summed E-state index contributed by atoms with van der Waals surface area (Å²) in [5, 5.41) is 13.0. The van der Waals surface area contributed by atoms with Crippen molar-refractivity contribution in [2.24, 2.45) is 0 Å². The lowest BCUT2D eigenvalue weighted by atomic mass is 9.89. The van der Waals surface area contributed by atoms with Crippen molar-refractivity contribution in [3.05, 3.63) is 48.0 Å². The smallest absolute Gasteiger partial charge is 0.0912 e. The molecule has 1 N–H and O–H groups in total. The Kier molecular flexibility index (Phi) is 4.79. The van der Waals surface area contributed by atoms with E-state index in [2.05, 4.69) is 31.2 Å². The number of aliphatic hydroxyl groups excluding tert-OH is 1. The molecule has 0 spiro atoms. The van der Waals surface area contributed by atoms with Crippen molar-refractivity contribution in [3.63, 3.8) is 0 Å². The van der Waals surface area contributed by atoms with Gasteiger partial charge in [0.2, 0.25) is 0 Å². The Morgan fingerprint density at radius 2 is 1.80 bits per heavy atom. The van der Waals surface area contributed by atoms with Gasteiger partial charge in [0.25, 0.3) is 0 Å². The SMILES string of the molecule is CCOC(C)(CC)C(O)Cc1cccc2ccccc12. The second-order valence-corrected chi connectivity index (χ2v) is 5.46. The molecular weight excluding hydrogens is 248 g/mol. The van der Waals surface area contributed by atoms with Crippen LogP contribution < -0.4 is 0 Å². The Balaban J connectivity index is 2.27. The zero-order valence-corrected chi connectivity index (χ0v) is 12.6. The third kappa shape index (κ3) is 3.02. The number of fused-ring (bicyclic) bond motifs is 1. The average molecular weight is 272 g/mol. The van der Waals surface area contributed by atoms with Crippen LogP contribution in [0.25, 0.3) is 10.8 Å². The van der Waals surface area contributed by atoms with Crippen LogP contribution in [0, 0.1) is 0 Å². The number of benzene rings is 2. The predicted octanol–water partition coefficient (Wildman–Crippen LogP) is 3.95. The van der Waals surface area contributed by atoms with E-state index in [1.165, 1.54) is 16.3 Å². The molecule has 0 aliphatic heterocycles. The summed E-state index contributed by atoms with van der Waals surface area (Å²) in [4.78, 5) is 0. The lowest BCUT2D eigenvalue weighted by Crippen LogP contribution is -2.43. The van der Waals surface area contributed by atoms with Crippen LogP contribution in [0.4, 0.5) is 0 Å². The Morgan fingerprint density at radius 3 is 2.50 bits per heavy atom. The lowest BCUT2D eigenvalue weighted by Gasteiger charge is -2.33. The first-order valence-corrected chi connectivity index (χ1v) is 7.39. The molecule has 2 atom stereocenters. The molecule has 2 rings (SSSR count). The first kappa shape index (κ1) is 15.0. The fourth-order valence-electron chi connectivity index (χ4n) is 2.66. The molecule has 0 amide bonds. The highest BCUT2D eigenvalue weighted by Crippen LogP contribution is 2.26. The third-order valence-electron chi connectivity index (χ3n) is 4.17. The minimum atomic E-state index is -0.502. The minimum Gasteiger partial charge on any atom is -0.390 e. The highest BCUT2D eigenvalue weighted by atomic mass is 16.5. The van der Waals surface area contributed by atoms with Gasteiger partial charge in [0.05, 0.1) is 11.7 Å². The molecule has 0 heterocycles. The molecule has 2 nitrogen and oxygen atoms in total. The van der Waals surface area contributed by atoms with Crippen LogP contribution in [0.1, 0.15) is 32.8 Å². The molecule has 0 aromatic heterocycles. The molecule has 108 valence electrons. The van der Waals surface area contributed by atoms with E-state index in [9.17, 15) is 5.11 Å². The van der Waals surface area contributed by atoms with E-state index in [-0.39, 0.29) is 0 Å². The molecule has 2 aromatic rings. The van der Waals surface area contributed by atoms with E-state index < -0.39 is 11.7 Å². The summed E-state index contributed by atoms with van der Waals surface area (Å²) < 4.78 is 5.77. The van der Waals surface area contributed by atoms with Crippen LogP contribution in [-0.2, 0) is 11.2 Å². The second-order valence-electron chi connectivity index (χ2n) is 5.46. The molecule has 20 heavy (non-hydrogen) atoms. The Hall–Kier alpha value is -1.38. The molecule has 0 fully saturated rings. The number of ether oxygens (including phenoxy) is 1. The normalized spacial score (nSPS) is 16.0. The Bertz CT molecular complexity index is 559. The summed E-state index contributed by atoms with van der Waals surface area (Å²) in [6.07, 6.45) is 0.914. The molecule has 0 saturated heterocycles. The lowest BCUT2D eigenvalue weighted by molar-refractivity contribution is -0.110. The van der Waals surface area contributed by atoms with Gasteiger partial charge < -0.3 is 9.84 Å². The second kappa shape index (κ2) is 6.38. The zero-order chi connectivity index (χ0) is 14.6. The largest absolute Gasteiger partial charge is 0.390 e. The van der Waals surface area contributed by atoms with Crippen molar-refractivity contribution < 1.29 is 9.84 Å². The number of hydrogen-bond acceptors (Lipinski definition) is 2. The molecule has 0 aliphatic rings. The Labute approximate surface area is 121 Å². The van der Waals surface area contributed by atoms with Crippen molar-refractivity contribution in [1.82, 2.24) is 0 Å². The van der Waals surface area contributed by atoms with Crippen LogP contribution in [0.5, 0.6) is 0 Å². The average Bonchev–Trinajstić information content (AvgIpc) is 2.47. The van der Waals surface area contributed by atoms with Crippen molar-refractivity contribution in [2.45, 2.75) is 45.3 Å². The van der Waals surface area contributed by atoms with E-state index in [1.807, 2.05) is 32.0 Å². The van der Waals surface area contributed by atoms with Gasteiger partial charge in [-0.3, -0.25) is 0 Å². The van der Waals surface area contributed by atoms with Gasteiger partial charge in [-0.15, -0.1) is 0 Å². The first-order valence-electron chi connectivity index (χ1n) is 7.39. The first-order chi connectivity index (χ1) is 9.60. The van der Waals surface area contributed by atoms with Crippen LogP contribution in [-0.4, -0.2) is 23.4 Å². The standard InChI is InChI=1S/C18H24O2/c1-4-18(3,20-5-2)17(19)13-15-11-8-10-14-9-6-7-12-16(14)15/h6-12,17,19H,4-5,13H2,1-3H3. The van der Waals surface area contributed by atoms with Gasteiger partial charge in [0.1, 0.15) is 0 Å². The Morgan fingerprint density at radius 1 is 1.10 bits per heavy atom. The summed E-state index contributed by atoms with van der Waals surface area (Å²) in [6.45, 7) is 6.64. The van der Waals surface area contributed by atoms with Gasteiger partial charge in [-0.25, -0.2) is 0 Å². The number of rotatable bonds is 6. The quantitative estimate of drug-likeness (QED) is 0.863. The van der Waals surface area contributed by atoms with E-state index in [0.717, 1.165) is 6.42 Å². The van der Waals surface area contributed by atoms with Gasteiger partial charge in [0.15, 0.2) is 0 Å². The summed E-state index contributed by atoms with van der Waals surface area (Å²) >= 11 is 0. The summed E-state index contributed by atoms with van der Waals surface area (Å²) in [7, 11) is 0. The summed E-state index contributed by atoms with van der Waals surface area (Å²) in [5.74, 6) is 0. The highest BCUT2D eigenvalue weighted by molar-refractivity contribution is 5.85. The summed E-state index contributed by atoms with van der Waals surface area (Å²) in [5.41, 5.74) is 0.695. The van der Waals surface area contributed by atoms with Crippen molar-refractivity contribution >= 4 is 10.8 Å². The molecular formula is C18H24O2. The monoisotopic (exact) mass is 272 g/mol. The number of hydrogen-bond donors (Lipinski definition) is 1. The van der Waals surface area contributed by atoms with E-state index in [0.29, 0.717) is 13.0 Å². The predicted molar refractivity (Wildman–Crippen MR) is 84.0 cm³/mol. The van der Waals surface area contributed by atoms with Crippen LogP contribution >= 0.6 is 0 Å². The topological polar surface area (TPSA) is 29.5 Å². The summed E-state index contributed by atoms with van der Waals surface area (Å²) in [6, 6.07) is 14.5. The fraction of sp³-hybridized carbons (Fsp3) is 0.444. The maximum Gasteiger partial charge on any atom is 0.0912 e. The van der Waals surface area contributed by atoms with Gasteiger partial charge in [-0.1, -0.05) is 49.4 Å². The molecule has 2 unspecified atom stereocenters. The van der Waals surface area contributed by atoms with Gasteiger partial charge >= 0.3 is 0 Å². The van der Waals surface area contributed by atoms with Gasteiger partial charge in [-0.2, -0.15) is 0 Å². The van der Waals surface area contributed by atoms with E-state index in [1.54, 1.807) is 0 Å². The van der Waals surface area contributed by atoms with Gasteiger partial charge in [0, 0.05) is 13.0 Å². The molecule has 0 bridgehead atoms. The molecule has 2 heteroatoms. The molecule has 0 saturated carbocycles. The molecule has 0 radical (unpaired) electrons. The van der Waals surface area contributed by atoms with Crippen molar-refractivity contribution in [3.8, 4) is 0 Å². The van der Waals surface area contributed by atoms with E-state index >= 15 is 0 Å². The van der Waals surface area contributed by atoms with Gasteiger partial charge in [-0.05, 0) is 36.6 Å². The van der Waals surface area contributed by atoms with Crippen LogP contribution in [0.3, 0.4) is 0 Å². The maximum absolute atomic E-state index is 10.6. The maximum atomic E-state index is 10.6. The third-order valence-corrected chi connectivity index (χ3v) is 4.17. The molecule has 2 aromatic carbocycles. The van der Waals surface area contributed by atoms with Crippen molar-refractivity contribution in [2.75, 3.05) is 6.61 Å². The molecule has 0 aliphatic carbocycles. The fourth-order valence-corrected chi connectivity index (χ4v) is 2.66. The van der Waals surface area contributed by atoms with Crippen LogP contribution in [0.15, 0.2) is 42.5 Å². The number of aliphatic hydroxyl groups is 1. The van der Waals surface area contributed by atoms with E-state index in [4.69, 9.17) is 4.74 Å².